The van der Waals surface area contributed by atoms with Gasteiger partial charge in [0, 0.05) is 11.3 Å². The Morgan fingerprint density at radius 2 is 2.28 bits per heavy atom. The lowest BCUT2D eigenvalue weighted by Gasteiger charge is -2.10. The van der Waals surface area contributed by atoms with E-state index in [0.29, 0.717) is 15.8 Å². The average molecular weight is 301 g/mol. The van der Waals surface area contributed by atoms with Gasteiger partial charge in [-0.1, -0.05) is 17.7 Å². The van der Waals surface area contributed by atoms with Crippen LogP contribution in [0.5, 0.6) is 0 Å². The lowest BCUT2D eigenvalue weighted by atomic mass is 10.2. The number of thiophene rings is 2. The van der Waals surface area contributed by atoms with Crippen LogP contribution in [0.2, 0.25) is 4.34 Å². The largest absolute Gasteiger partial charge is 0.370 e. The van der Waals surface area contributed by atoms with Crippen molar-refractivity contribution < 1.29 is 9.53 Å². The molecular formula is C13H13ClO2S2. The Hall–Kier alpha value is -0.680. The van der Waals surface area contributed by atoms with Crippen LogP contribution < -0.4 is 0 Å². The van der Waals surface area contributed by atoms with Crippen molar-refractivity contribution in [3.05, 3.63) is 43.7 Å². The Bertz CT molecular complexity index is 505. The molecule has 2 aromatic rings. The molecule has 2 nitrogen and oxygen atoms in total. The summed E-state index contributed by atoms with van der Waals surface area (Å²) in [5.74, 6) is -0.00178. The summed E-state index contributed by atoms with van der Waals surface area (Å²) in [6, 6.07) is 7.56. The first kappa shape index (κ1) is 13.7. The number of hydrogen-bond donors (Lipinski definition) is 0. The van der Waals surface area contributed by atoms with Crippen molar-refractivity contribution in [1.29, 1.82) is 0 Å². The average Bonchev–Trinajstić information content (AvgIpc) is 2.99. The first-order valence-corrected chi connectivity index (χ1v) is 7.68. The van der Waals surface area contributed by atoms with E-state index in [2.05, 4.69) is 6.07 Å². The third kappa shape index (κ3) is 3.65. The Labute approximate surface area is 119 Å². The highest BCUT2D eigenvalue weighted by Gasteiger charge is 2.17. The topological polar surface area (TPSA) is 26.3 Å². The summed E-state index contributed by atoms with van der Waals surface area (Å²) in [5, 5.41) is 2.04. The fourth-order valence-electron chi connectivity index (χ4n) is 1.51. The molecule has 0 radical (unpaired) electrons. The minimum atomic E-state index is -0.417. The lowest BCUT2D eigenvalue weighted by molar-refractivity contribution is 0.0492. The first-order valence-electron chi connectivity index (χ1n) is 5.60. The van der Waals surface area contributed by atoms with Gasteiger partial charge < -0.3 is 4.74 Å². The van der Waals surface area contributed by atoms with Crippen molar-refractivity contribution in [3.63, 3.8) is 0 Å². The monoisotopic (exact) mass is 300 g/mol. The molecule has 5 heteroatoms. The van der Waals surface area contributed by atoms with E-state index < -0.39 is 6.10 Å². The van der Waals surface area contributed by atoms with Gasteiger partial charge in [-0.25, -0.2) is 0 Å². The molecule has 0 fully saturated rings. The predicted octanol–water partition coefficient (Wildman–Crippen LogP) is 4.29. The minimum Gasteiger partial charge on any atom is -0.370 e. The van der Waals surface area contributed by atoms with E-state index in [-0.39, 0.29) is 5.78 Å². The molecule has 0 saturated heterocycles. The highest BCUT2D eigenvalue weighted by Crippen LogP contribution is 2.23. The number of halogens is 1. The second kappa shape index (κ2) is 6.48. The standard InChI is InChI=1S/C13H13ClO2S2/c1-9(13(15)11-4-5-12(14)18-11)16-7-6-10-3-2-8-17-10/h2-5,8-9H,6-7H2,1H3. The van der Waals surface area contributed by atoms with Crippen LogP contribution in [-0.2, 0) is 11.2 Å². The first-order chi connectivity index (χ1) is 8.66. The van der Waals surface area contributed by atoms with Crippen molar-refractivity contribution in [2.45, 2.75) is 19.4 Å². The molecule has 0 saturated carbocycles. The van der Waals surface area contributed by atoms with E-state index in [9.17, 15) is 4.79 Å². The molecule has 0 aliphatic heterocycles. The number of Topliss-reactive ketones (excluding diaryl/α,β-unsaturated/α-hetero) is 1. The third-order valence-electron chi connectivity index (χ3n) is 2.48. The summed E-state index contributed by atoms with van der Waals surface area (Å²) in [7, 11) is 0. The number of ketones is 1. The molecule has 18 heavy (non-hydrogen) atoms. The summed E-state index contributed by atoms with van der Waals surface area (Å²) in [5.41, 5.74) is 0. The Morgan fingerprint density at radius 3 is 2.89 bits per heavy atom. The molecule has 96 valence electrons. The molecule has 2 heterocycles. The van der Waals surface area contributed by atoms with Crippen molar-refractivity contribution >= 4 is 40.1 Å². The molecule has 0 aliphatic carbocycles. The van der Waals surface area contributed by atoms with Gasteiger partial charge in [0.2, 0.25) is 5.78 Å². The maximum absolute atomic E-state index is 12.0. The van der Waals surface area contributed by atoms with Crippen LogP contribution in [0.4, 0.5) is 0 Å². The minimum absolute atomic E-state index is 0.00178. The van der Waals surface area contributed by atoms with Gasteiger partial charge in [-0.05, 0) is 30.5 Å². The van der Waals surface area contributed by atoms with E-state index in [1.54, 1.807) is 30.4 Å². The van der Waals surface area contributed by atoms with Gasteiger partial charge >= 0.3 is 0 Å². The second-order valence-corrected chi connectivity index (χ2v) is 6.56. The molecule has 0 N–H and O–H groups in total. The van der Waals surface area contributed by atoms with Crippen LogP contribution in [0.15, 0.2) is 29.6 Å². The van der Waals surface area contributed by atoms with Crippen LogP contribution in [0, 0.1) is 0 Å². The molecule has 1 atom stereocenters. The van der Waals surface area contributed by atoms with Crippen LogP contribution >= 0.6 is 34.3 Å². The number of carbonyl (C=O) groups is 1. The van der Waals surface area contributed by atoms with Crippen LogP contribution in [0.3, 0.4) is 0 Å². The molecule has 0 spiro atoms. The summed E-state index contributed by atoms with van der Waals surface area (Å²) in [6.07, 6.45) is 0.431. The summed E-state index contributed by atoms with van der Waals surface area (Å²) >= 11 is 8.80. The van der Waals surface area contributed by atoms with Crippen molar-refractivity contribution in [2.75, 3.05) is 6.61 Å². The SMILES string of the molecule is CC(OCCc1cccs1)C(=O)c1ccc(Cl)s1. The Balaban J connectivity index is 1.81. The van der Waals surface area contributed by atoms with Gasteiger partial charge in [-0.15, -0.1) is 22.7 Å². The van der Waals surface area contributed by atoms with E-state index in [4.69, 9.17) is 16.3 Å². The molecule has 2 aromatic heterocycles. The molecule has 0 aliphatic rings. The Kier molecular flexibility index (Phi) is 4.95. The van der Waals surface area contributed by atoms with E-state index in [1.165, 1.54) is 16.2 Å². The fourth-order valence-corrected chi connectivity index (χ4v) is 3.27. The quantitative estimate of drug-likeness (QED) is 0.744. The molecule has 0 bridgehead atoms. The summed E-state index contributed by atoms with van der Waals surface area (Å²) in [4.78, 5) is 13.9. The molecule has 1 unspecified atom stereocenters. The molecule has 0 aromatic carbocycles. The highest BCUT2D eigenvalue weighted by atomic mass is 35.5. The number of carbonyl (C=O) groups excluding carboxylic acids is 1. The zero-order valence-electron chi connectivity index (χ0n) is 9.89. The van der Waals surface area contributed by atoms with Gasteiger partial charge in [0.25, 0.3) is 0 Å². The van der Waals surface area contributed by atoms with Gasteiger partial charge in [-0.2, -0.15) is 0 Å². The second-order valence-electron chi connectivity index (χ2n) is 3.81. The highest BCUT2D eigenvalue weighted by molar-refractivity contribution is 7.18. The summed E-state index contributed by atoms with van der Waals surface area (Å²) < 4.78 is 6.19. The normalized spacial score (nSPS) is 12.6. The molecule has 2 rings (SSSR count). The smallest absolute Gasteiger partial charge is 0.201 e. The number of rotatable bonds is 6. The van der Waals surface area contributed by atoms with Crippen molar-refractivity contribution in [1.82, 2.24) is 0 Å². The van der Waals surface area contributed by atoms with Gasteiger partial charge in [0.15, 0.2) is 0 Å². The van der Waals surface area contributed by atoms with Crippen LogP contribution in [0.1, 0.15) is 21.5 Å². The van der Waals surface area contributed by atoms with E-state index in [0.717, 1.165) is 6.42 Å². The van der Waals surface area contributed by atoms with E-state index >= 15 is 0 Å². The lowest BCUT2D eigenvalue weighted by Crippen LogP contribution is -2.21. The Morgan fingerprint density at radius 1 is 1.44 bits per heavy atom. The van der Waals surface area contributed by atoms with Crippen LogP contribution in [-0.4, -0.2) is 18.5 Å². The van der Waals surface area contributed by atoms with Crippen molar-refractivity contribution in [3.8, 4) is 0 Å². The van der Waals surface area contributed by atoms with Crippen molar-refractivity contribution in [2.24, 2.45) is 0 Å². The van der Waals surface area contributed by atoms with Gasteiger partial charge in [0.05, 0.1) is 15.8 Å². The third-order valence-corrected chi connectivity index (χ3v) is 4.66. The number of ether oxygens (including phenoxy) is 1. The van der Waals surface area contributed by atoms with Crippen LogP contribution in [0.25, 0.3) is 0 Å². The fraction of sp³-hybridized carbons (Fsp3) is 0.308. The summed E-state index contributed by atoms with van der Waals surface area (Å²) in [6.45, 7) is 2.34. The zero-order chi connectivity index (χ0) is 13.0. The maximum atomic E-state index is 12.0. The van der Waals surface area contributed by atoms with Gasteiger partial charge in [0.1, 0.15) is 6.10 Å². The molecular weight excluding hydrogens is 288 g/mol. The zero-order valence-corrected chi connectivity index (χ0v) is 12.3. The number of hydrogen-bond acceptors (Lipinski definition) is 4. The van der Waals surface area contributed by atoms with E-state index in [1.807, 2.05) is 11.4 Å². The molecule has 0 amide bonds. The predicted molar refractivity (Wildman–Crippen MR) is 77.1 cm³/mol. The van der Waals surface area contributed by atoms with Gasteiger partial charge in [-0.3, -0.25) is 4.79 Å². The maximum Gasteiger partial charge on any atom is 0.201 e.